The average molecular weight is 1190 g/mol. The number of aliphatic hydroxyl groups excluding tert-OH is 11. The minimum Gasteiger partial charge on any atom is -0.479 e. The summed E-state index contributed by atoms with van der Waals surface area (Å²) in [5.41, 5.74) is -3.47. The van der Waals surface area contributed by atoms with Crippen molar-refractivity contribution in [1.82, 2.24) is 0 Å². The Balaban J connectivity index is 1.25. The largest absolute Gasteiger partial charge is 0.479 e. The Morgan fingerprint density at radius 3 is 1.90 bits per heavy atom. The Morgan fingerprint density at radius 1 is 0.723 bits per heavy atom. The molecule has 83 heavy (non-hydrogen) atoms. The standard InChI is InChI=1S/C60H96O23/c1-12-29(3)50(74)82-47-48(83-51(75)30(4)13-2)60(28-65)34(22-55(47,6)7)33-14-15-41-56(8)18-17-43(57(9,27-64)40(56)16-19-58(41,10)59(33,11)23-42(60)68)81-53(76-31(5)49(72)73)37(78-54-46(71)45(70)44(69)39(26-63)80-54)20-32(24-61)77-52-36(67)21-35(66)38(25-62)79-52/h12-14,31-32,34-48,52-54,61-71H,15-28H2,1-11H3,(H,72,73)/b29-12-,30-13-/t31?,32?,34?,35?,36-,37?,38-,39?,40?,41?,42+,43-,44+,45?,46?,47-,48-,52+,53-,54+,56-,57+,58+,59+,60-/m0/s1. The summed E-state index contributed by atoms with van der Waals surface area (Å²) >= 11 is 0. The summed E-state index contributed by atoms with van der Waals surface area (Å²) in [5.74, 6) is -3.56. The van der Waals surface area contributed by atoms with E-state index in [9.17, 15) is 75.7 Å². The van der Waals surface area contributed by atoms with Gasteiger partial charge < -0.3 is 99.2 Å². The predicted molar refractivity (Wildman–Crippen MR) is 293 cm³/mol. The van der Waals surface area contributed by atoms with E-state index in [0.29, 0.717) is 43.3 Å². The Labute approximate surface area is 486 Å². The van der Waals surface area contributed by atoms with Gasteiger partial charge in [0.05, 0.1) is 62.9 Å². The minimum absolute atomic E-state index is 0.0732. The first-order chi connectivity index (χ1) is 38.9. The highest BCUT2D eigenvalue weighted by atomic mass is 16.8. The number of ether oxygens (including phenoxy) is 8. The fourth-order valence-electron chi connectivity index (χ4n) is 16.1. The number of esters is 2. The zero-order valence-corrected chi connectivity index (χ0v) is 50.0. The molecule has 0 amide bonds. The van der Waals surface area contributed by atoms with Crippen LogP contribution in [0.2, 0.25) is 0 Å². The Morgan fingerprint density at radius 2 is 1.34 bits per heavy atom. The van der Waals surface area contributed by atoms with Gasteiger partial charge in [0.15, 0.2) is 31.1 Å². The van der Waals surface area contributed by atoms with E-state index in [1.54, 1.807) is 39.8 Å². The van der Waals surface area contributed by atoms with E-state index in [1.807, 2.05) is 20.8 Å². The van der Waals surface area contributed by atoms with Crippen LogP contribution in [0.25, 0.3) is 0 Å². The van der Waals surface area contributed by atoms with E-state index < -0.39 is 200 Å². The fourth-order valence-corrected chi connectivity index (χ4v) is 16.1. The van der Waals surface area contributed by atoms with Gasteiger partial charge in [-0.25, -0.2) is 14.4 Å². The van der Waals surface area contributed by atoms with Crippen LogP contribution in [0.1, 0.15) is 134 Å². The smallest absolute Gasteiger partial charge is 0.333 e. The highest BCUT2D eigenvalue weighted by Gasteiger charge is 2.74. The van der Waals surface area contributed by atoms with Crippen LogP contribution in [0.5, 0.6) is 0 Å². The number of allylic oxidation sites excluding steroid dienone is 4. The molecule has 7 aliphatic rings. The summed E-state index contributed by atoms with van der Waals surface area (Å²) in [6.45, 7) is 17.1. The van der Waals surface area contributed by atoms with Gasteiger partial charge in [-0.3, -0.25) is 0 Å². The monoisotopic (exact) mass is 1180 g/mol. The van der Waals surface area contributed by atoms with Gasteiger partial charge in [-0.15, -0.1) is 0 Å². The normalized spacial score (nSPS) is 44.1. The topological polar surface area (TPSA) is 368 Å². The van der Waals surface area contributed by atoms with Crippen LogP contribution in [0.4, 0.5) is 0 Å². The lowest BCUT2D eigenvalue weighted by Crippen LogP contribution is -2.72. The number of rotatable bonds is 21. The highest BCUT2D eigenvalue weighted by Crippen LogP contribution is 2.76. The maximum Gasteiger partial charge on any atom is 0.333 e. The lowest BCUT2D eigenvalue weighted by atomic mass is 9.33. The van der Waals surface area contributed by atoms with Crippen molar-refractivity contribution in [3.63, 3.8) is 0 Å². The van der Waals surface area contributed by atoms with Gasteiger partial charge in [0, 0.05) is 34.8 Å². The van der Waals surface area contributed by atoms with E-state index in [-0.39, 0.29) is 31.1 Å². The number of carboxylic acid groups (broad SMARTS) is 1. The van der Waals surface area contributed by atoms with Crippen LogP contribution < -0.4 is 0 Å². The number of carbonyl (C=O) groups is 3. The van der Waals surface area contributed by atoms with Crippen LogP contribution in [0, 0.1) is 50.2 Å². The van der Waals surface area contributed by atoms with Gasteiger partial charge >= 0.3 is 17.9 Å². The number of carbonyl (C=O) groups excluding carboxylic acids is 2. The lowest BCUT2D eigenvalue weighted by molar-refractivity contribution is -0.350. The molecular weight excluding hydrogens is 1090 g/mol. The molecule has 25 atom stereocenters. The molecule has 10 unspecified atom stereocenters. The Hall–Kier alpha value is -3.05. The van der Waals surface area contributed by atoms with Gasteiger partial charge in [-0.05, 0) is 114 Å². The van der Waals surface area contributed by atoms with Crippen LogP contribution in [-0.2, 0) is 52.3 Å². The van der Waals surface area contributed by atoms with Crippen molar-refractivity contribution in [2.45, 2.75) is 238 Å². The lowest BCUT2D eigenvalue weighted by Gasteiger charge is -2.72. The van der Waals surface area contributed by atoms with Crippen molar-refractivity contribution < 1.29 is 114 Å². The summed E-state index contributed by atoms with van der Waals surface area (Å²) in [5, 5.41) is 132. The molecule has 2 heterocycles. The van der Waals surface area contributed by atoms with E-state index in [4.69, 9.17) is 37.9 Å². The summed E-state index contributed by atoms with van der Waals surface area (Å²) in [7, 11) is 0. The summed E-state index contributed by atoms with van der Waals surface area (Å²) in [4.78, 5) is 40.1. The number of hydrogen-bond donors (Lipinski definition) is 12. The van der Waals surface area contributed by atoms with E-state index in [2.05, 4.69) is 26.8 Å². The third-order valence-electron chi connectivity index (χ3n) is 21.6. The maximum absolute atomic E-state index is 13.9. The van der Waals surface area contributed by atoms with Crippen molar-refractivity contribution in [1.29, 1.82) is 0 Å². The summed E-state index contributed by atoms with van der Waals surface area (Å²) in [6, 6.07) is 0. The molecule has 0 aromatic rings. The van der Waals surface area contributed by atoms with Crippen LogP contribution >= 0.6 is 0 Å². The number of aliphatic hydroxyl groups is 11. The second-order valence-electron chi connectivity index (χ2n) is 26.6. The molecule has 0 spiro atoms. The molecule has 7 rings (SSSR count). The van der Waals surface area contributed by atoms with Crippen molar-refractivity contribution in [2.24, 2.45) is 50.2 Å². The molecule has 23 heteroatoms. The van der Waals surface area contributed by atoms with Crippen molar-refractivity contribution in [3.05, 3.63) is 34.9 Å². The Kier molecular flexibility index (Phi) is 21.1. The molecule has 5 aliphatic carbocycles. The molecule has 23 nitrogen and oxygen atoms in total. The quantitative estimate of drug-likeness (QED) is 0.0337. The zero-order chi connectivity index (χ0) is 61.7. The molecule has 474 valence electrons. The number of fused-ring (bicyclic) bond motifs is 7. The first-order valence-corrected chi connectivity index (χ1v) is 29.5. The van der Waals surface area contributed by atoms with Gasteiger partial charge in [0.2, 0.25) is 0 Å². The molecule has 12 N–H and O–H groups in total. The van der Waals surface area contributed by atoms with Crippen LogP contribution in [0.15, 0.2) is 34.9 Å². The minimum atomic E-state index is -1.96. The van der Waals surface area contributed by atoms with Gasteiger partial charge in [0.25, 0.3) is 0 Å². The van der Waals surface area contributed by atoms with Gasteiger partial charge in [-0.2, -0.15) is 0 Å². The molecule has 0 aromatic carbocycles. The van der Waals surface area contributed by atoms with Crippen molar-refractivity contribution in [3.8, 4) is 0 Å². The Bertz CT molecular complexity index is 2380. The molecule has 0 radical (unpaired) electrons. The number of aliphatic carboxylic acids is 1. The predicted octanol–water partition coefficient (Wildman–Crippen LogP) is 1.68. The molecular formula is C60H96O23. The maximum atomic E-state index is 13.9. The van der Waals surface area contributed by atoms with Gasteiger partial charge in [-0.1, -0.05) is 65.3 Å². The molecule has 6 fully saturated rings. The van der Waals surface area contributed by atoms with E-state index >= 15 is 0 Å². The molecule has 0 aromatic heterocycles. The third kappa shape index (κ3) is 12.1. The first-order valence-electron chi connectivity index (χ1n) is 29.5. The van der Waals surface area contributed by atoms with Crippen molar-refractivity contribution >= 4 is 17.9 Å². The van der Waals surface area contributed by atoms with E-state index in [0.717, 1.165) is 5.57 Å². The fraction of sp³-hybridized carbons (Fsp3) is 0.850. The molecule has 0 bridgehead atoms. The van der Waals surface area contributed by atoms with Crippen LogP contribution in [0.3, 0.4) is 0 Å². The average Bonchev–Trinajstić information content (AvgIpc) is 2.20. The SMILES string of the molecule is C/C=C(/C)C(=O)O[C@H]1[C@H](OC(=O)/C(C)=C\C)[C@@]2(CO)C(CC1(C)C)C1=CCC3[C@@]4(C)CC[C@H](O[C@H](OC(C)C(=O)O)C(CC(CO)O[C@@H]5O[C@@H](CO)C(O)C[C@@H]5O)O[C@@H]5OC(CO)[C@@H](O)C(O)C5O)[C@](C)(CO)C4CC[C@@]3(C)[C@]1(C)C[C@H]2O. The number of carboxylic acids is 1. The first kappa shape index (κ1) is 67.5. The summed E-state index contributed by atoms with van der Waals surface area (Å²) in [6.07, 6.45) is -17.3. The molecule has 4 saturated carbocycles. The zero-order valence-electron chi connectivity index (χ0n) is 50.0. The second-order valence-corrected chi connectivity index (χ2v) is 26.6. The van der Waals surface area contributed by atoms with E-state index in [1.165, 1.54) is 6.92 Å². The third-order valence-corrected chi connectivity index (χ3v) is 21.6. The van der Waals surface area contributed by atoms with Gasteiger partial charge in [0.1, 0.15) is 48.8 Å². The van der Waals surface area contributed by atoms with Crippen LogP contribution in [-0.4, -0.2) is 217 Å². The summed E-state index contributed by atoms with van der Waals surface area (Å²) < 4.78 is 49.6. The molecule has 2 aliphatic heterocycles. The number of hydrogen-bond acceptors (Lipinski definition) is 22. The molecule has 2 saturated heterocycles. The second kappa shape index (κ2) is 26.0. The van der Waals surface area contributed by atoms with Crippen molar-refractivity contribution in [2.75, 3.05) is 33.0 Å². The highest BCUT2D eigenvalue weighted by molar-refractivity contribution is 5.89.